The van der Waals surface area contributed by atoms with Crippen molar-refractivity contribution in [3.8, 4) is 0 Å². The van der Waals surface area contributed by atoms with Gasteiger partial charge in [-0.3, -0.25) is 9.89 Å². The molecule has 0 aliphatic carbocycles. The summed E-state index contributed by atoms with van der Waals surface area (Å²) in [5, 5.41) is 26.1. The maximum absolute atomic E-state index is 14.4. The summed E-state index contributed by atoms with van der Waals surface area (Å²) in [5.74, 6) is -1.54. The molecule has 5 rings (SSSR count). The lowest BCUT2D eigenvalue weighted by Crippen LogP contribution is -2.61. The van der Waals surface area contributed by atoms with Gasteiger partial charge in [0.1, 0.15) is 11.9 Å². The quantitative estimate of drug-likeness (QED) is 0.483. The van der Waals surface area contributed by atoms with Crippen LogP contribution in [0.2, 0.25) is 5.02 Å². The summed E-state index contributed by atoms with van der Waals surface area (Å²) >= 11 is 7.63. The van der Waals surface area contributed by atoms with E-state index in [1.165, 1.54) is 23.5 Å². The number of hydrogen-bond donors (Lipinski definition) is 3. The van der Waals surface area contributed by atoms with E-state index in [4.69, 9.17) is 11.6 Å². The van der Waals surface area contributed by atoms with E-state index in [-0.39, 0.29) is 46.9 Å². The number of urea groups is 1. The van der Waals surface area contributed by atoms with Crippen LogP contribution in [0, 0.1) is 5.82 Å². The molecule has 0 bridgehead atoms. The van der Waals surface area contributed by atoms with Crippen LogP contribution in [0.3, 0.4) is 0 Å². The highest BCUT2D eigenvalue weighted by molar-refractivity contribution is 7.11. The monoisotopic (exact) mass is 576 g/mol. The third kappa shape index (κ3) is 5.02. The third-order valence-corrected chi connectivity index (χ3v) is 8.59. The van der Waals surface area contributed by atoms with Gasteiger partial charge in [-0.05, 0) is 26.8 Å². The number of rotatable bonds is 6. The molecule has 4 heterocycles. The van der Waals surface area contributed by atoms with E-state index in [2.05, 4.69) is 15.3 Å². The first kappa shape index (κ1) is 27.5. The van der Waals surface area contributed by atoms with Crippen molar-refractivity contribution in [2.45, 2.75) is 44.4 Å². The fourth-order valence-corrected chi connectivity index (χ4v) is 6.29. The van der Waals surface area contributed by atoms with Crippen LogP contribution < -0.4 is 5.32 Å². The Bertz CT molecular complexity index is 1340. The van der Waals surface area contributed by atoms with Crippen molar-refractivity contribution >= 4 is 40.8 Å². The molecule has 3 aliphatic heterocycles. The number of aliphatic hydroxyl groups is 1. The Labute approximate surface area is 234 Å². The van der Waals surface area contributed by atoms with Gasteiger partial charge < -0.3 is 25.3 Å². The number of amidine groups is 1. The first-order chi connectivity index (χ1) is 18.5. The molecule has 13 heteroatoms. The molecule has 2 amide bonds. The molecule has 0 unspecified atom stereocenters. The van der Waals surface area contributed by atoms with Crippen LogP contribution in [-0.2, 0) is 4.79 Å². The normalized spacial score (nSPS) is 24.1. The van der Waals surface area contributed by atoms with Crippen LogP contribution in [0.25, 0.3) is 0 Å². The molecule has 39 heavy (non-hydrogen) atoms. The van der Waals surface area contributed by atoms with Crippen LogP contribution in [0.5, 0.6) is 0 Å². The van der Waals surface area contributed by atoms with Crippen LogP contribution in [0.15, 0.2) is 46.0 Å². The molecule has 0 saturated carbocycles. The second kappa shape index (κ2) is 10.5. The number of aliphatic hydroxyl groups excluding tert-OH is 1. The lowest BCUT2D eigenvalue weighted by atomic mass is 9.94. The number of piperazine rings is 1. The van der Waals surface area contributed by atoms with Gasteiger partial charge in [0, 0.05) is 54.6 Å². The number of carbonyl (C=O) groups is 2. The largest absolute Gasteiger partial charge is 0.478 e. The number of carboxylic acids is 1. The Balaban J connectivity index is 1.53. The zero-order valence-electron chi connectivity index (χ0n) is 21.8. The number of thiazole rings is 1. The number of nitrogens with one attached hydrogen (secondary N) is 1. The minimum Gasteiger partial charge on any atom is -0.478 e. The summed E-state index contributed by atoms with van der Waals surface area (Å²) in [7, 11) is 0. The van der Waals surface area contributed by atoms with Crippen molar-refractivity contribution in [1.29, 1.82) is 0 Å². The number of aliphatic imine (C=N–C) groups is 1. The molecule has 10 nitrogen and oxygen atoms in total. The van der Waals surface area contributed by atoms with Crippen molar-refractivity contribution in [2.24, 2.45) is 4.99 Å². The Kier molecular flexibility index (Phi) is 7.40. The van der Waals surface area contributed by atoms with Crippen LogP contribution in [-0.4, -0.2) is 98.1 Å². The minimum atomic E-state index is -1.22. The van der Waals surface area contributed by atoms with Crippen molar-refractivity contribution in [3.05, 3.63) is 62.5 Å². The molecule has 3 aliphatic rings. The van der Waals surface area contributed by atoms with E-state index in [1.807, 2.05) is 25.7 Å². The molecule has 0 spiro atoms. The Morgan fingerprint density at radius 2 is 2.08 bits per heavy atom. The summed E-state index contributed by atoms with van der Waals surface area (Å²) in [4.78, 5) is 40.3. The van der Waals surface area contributed by atoms with Gasteiger partial charge in [-0.2, -0.15) is 0 Å². The second-order valence-corrected chi connectivity index (χ2v) is 12.0. The first-order valence-corrected chi connectivity index (χ1v) is 13.8. The number of hydrogen-bond acceptors (Lipinski definition) is 8. The van der Waals surface area contributed by atoms with E-state index < -0.39 is 23.9 Å². The number of aliphatic carboxylic acids is 1. The van der Waals surface area contributed by atoms with Crippen LogP contribution >= 0.6 is 22.9 Å². The zero-order valence-corrected chi connectivity index (χ0v) is 23.3. The number of halogens is 2. The fraction of sp³-hybridized carbons (Fsp3) is 0.462. The lowest BCUT2D eigenvalue weighted by Gasteiger charge is -2.43. The van der Waals surface area contributed by atoms with E-state index in [9.17, 15) is 24.2 Å². The SMILES string of the molecule is CC(C)(C)N1C[C@H]2[C@H](CO)N(CC3=C(C(=O)O)[C@H](c4cccc(F)c4Cl)N=C(c4nccs4)N3)CCN2C1=O. The number of aromatic nitrogens is 1. The number of nitrogens with zero attached hydrogens (tertiary/aromatic N) is 5. The maximum atomic E-state index is 14.4. The summed E-state index contributed by atoms with van der Waals surface area (Å²) < 4.78 is 14.4. The standard InChI is InChI=1S/C26H30ClFN6O4S/c1-26(2,3)34-12-17-18(13-35)32(8-9-33(17)25(34)38)11-16-19(24(36)37)21(14-5-4-6-15(28)20(14)27)31-22(30-16)23-29-7-10-39-23/h4-7,10,17-18,21,35H,8-9,11-13H2,1-3H3,(H,30,31)(H,36,37)/t17-,18-,21-/m0/s1. The topological polar surface area (TPSA) is 122 Å². The molecule has 1 aromatic heterocycles. The van der Waals surface area contributed by atoms with Gasteiger partial charge in [0.2, 0.25) is 0 Å². The zero-order chi connectivity index (χ0) is 28.1. The molecule has 3 atom stereocenters. The Morgan fingerprint density at radius 3 is 2.72 bits per heavy atom. The van der Waals surface area contributed by atoms with E-state index in [0.29, 0.717) is 36.2 Å². The molecule has 0 radical (unpaired) electrons. The Morgan fingerprint density at radius 1 is 1.31 bits per heavy atom. The average molecular weight is 577 g/mol. The lowest BCUT2D eigenvalue weighted by molar-refractivity contribution is -0.133. The van der Waals surface area contributed by atoms with E-state index in [0.717, 1.165) is 0 Å². The Hall–Kier alpha value is -3.06. The summed E-state index contributed by atoms with van der Waals surface area (Å²) in [5.41, 5.74) is 0.130. The molecule has 2 saturated heterocycles. The van der Waals surface area contributed by atoms with Gasteiger partial charge in [-0.25, -0.2) is 19.0 Å². The predicted molar refractivity (Wildman–Crippen MR) is 145 cm³/mol. The smallest absolute Gasteiger partial charge is 0.335 e. The fourth-order valence-electron chi connectivity index (χ4n) is 5.47. The molecule has 2 fully saturated rings. The van der Waals surface area contributed by atoms with Gasteiger partial charge in [-0.15, -0.1) is 11.3 Å². The van der Waals surface area contributed by atoms with E-state index in [1.54, 1.807) is 27.4 Å². The number of benzene rings is 1. The molecular weight excluding hydrogens is 547 g/mol. The first-order valence-electron chi connectivity index (χ1n) is 12.6. The summed E-state index contributed by atoms with van der Waals surface area (Å²) in [6.07, 6.45) is 1.61. The van der Waals surface area contributed by atoms with Gasteiger partial charge in [0.25, 0.3) is 0 Å². The summed E-state index contributed by atoms with van der Waals surface area (Å²) in [6, 6.07) is 2.41. The number of fused-ring (bicyclic) bond motifs is 1. The van der Waals surface area contributed by atoms with Crippen LogP contribution in [0.4, 0.5) is 9.18 Å². The molecule has 208 valence electrons. The third-order valence-electron chi connectivity index (χ3n) is 7.41. The van der Waals surface area contributed by atoms with Crippen molar-refractivity contribution in [3.63, 3.8) is 0 Å². The van der Waals surface area contributed by atoms with Crippen molar-refractivity contribution in [1.82, 2.24) is 25.0 Å². The van der Waals surface area contributed by atoms with E-state index >= 15 is 0 Å². The van der Waals surface area contributed by atoms with Crippen molar-refractivity contribution < 1.29 is 24.2 Å². The summed E-state index contributed by atoms with van der Waals surface area (Å²) in [6.45, 7) is 7.17. The molecule has 2 aromatic rings. The molecule has 3 N–H and O–H groups in total. The van der Waals surface area contributed by atoms with Crippen LogP contribution in [0.1, 0.15) is 37.4 Å². The highest BCUT2D eigenvalue weighted by Gasteiger charge is 2.49. The molecular formula is C26H30ClFN6O4S. The predicted octanol–water partition coefficient (Wildman–Crippen LogP) is 2.95. The highest BCUT2D eigenvalue weighted by atomic mass is 35.5. The number of amides is 2. The number of carbonyl (C=O) groups excluding carboxylic acids is 1. The van der Waals surface area contributed by atoms with Gasteiger partial charge in [0.15, 0.2) is 10.8 Å². The van der Waals surface area contributed by atoms with Gasteiger partial charge >= 0.3 is 12.0 Å². The maximum Gasteiger partial charge on any atom is 0.335 e. The van der Waals surface area contributed by atoms with Gasteiger partial charge in [-0.1, -0.05) is 23.7 Å². The average Bonchev–Trinajstić information content (AvgIpc) is 3.53. The number of carboxylic acid groups (broad SMARTS) is 1. The molecule has 1 aromatic carbocycles. The minimum absolute atomic E-state index is 0.0640. The highest BCUT2D eigenvalue weighted by Crippen LogP contribution is 2.38. The van der Waals surface area contributed by atoms with Crippen molar-refractivity contribution in [2.75, 3.05) is 32.8 Å². The second-order valence-electron chi connectivity index (χ2n) is 10.7. The van der Waals surface area contributed by atoms with Gasteiger partial charge in [0.05, 0.1) is 29.3 Å².